The number of methoxy groups -OCH3 is 2. The summed E-state index contributed by atoms with van der Waals surface area (Å²) in [6, 6.07) is 27.8. The molecule has 0 unspecified atom stereocenters. The van der Waals surface area contributed by atoms with Gasteiger partial charge in [0.05, 0.1) is 64.4 Å². The molecule has 0 aliphatic heterocycles. The molecule has 0 saturated carbocycles. The van der Waals surface area contributed by atoms with Crippen molar-refractivity contribution in [2.45, 2.75) is 38.8 Å². The molecule has 2 heterocycles. The fourth-order valence-electron chi connectivity index (χ4n) is 6.43. The second-order valence-electron chi connectivity index (χ2n) is 15.9. The molecule has 4 aromatic carbocycles. The average Bonchev–Trinajstić information content (AvgIpc) is 3.65. The number of carbonyl (C=O) groups excluding carboxylic acids is 1. The van der Waals surface area contributed by atoms with E-state index in [-0.39, 0.29) is 5.41 Å². The van der Waals surface area contributed by atoms with Crippen LogP contribution in [-0.4, -0.2) is 93.0 Å². The number of benzene rings is 4. The maximum atomic E-state index is 13.7. The number of nitrogens with one attached hydrogen (secondary N) is 2. The topological polar surface area (TPSA) is 157 Å². The van der Waals surface area contributed by atoms with Crippen LogP contribution in [0.1, 0.15) is 43.4 Å². The standard InChI is InChI=1S/C46H55N6O8P/c1-46(2,3)41-30-43(52(51-41)34-12-10-11-32(25-34)31-61(6,7)54)50-45(53)48-39-15-16-40(38-14-9-8-13-37(38)39)60-44-17-18-47-42(49-44)28-33-26-35(56-5)29-36(27-33)59-24-23-58-22-21-57-20-19-55-4/h8-18,25-27,29-30H,19-24,28,31H2,1-7H3,(H2,48,50,53). The number of amides is 2. The van der Waals surface area contributed by atoms with Gasteiger partial charge in [-0.25, -0.2) is 14.5 Å². The van der Waals surface area contributed by atoms with E-state index in [0.29, 0.717) is 92.7 Å². The smallest absolute Gasteiger partial charge is 0.324 e. The van der Waals surface area contributed by atoms with Gasteiger partial charge in [-0.2, -0.15) is 10.1 Å². The van der Waals surface area contributed by atoms with E-state index in [9.17, 15) is 9.36 Å². The molecule has 0 spiro atoms. The van der Waals surface area contributed by atoms with E-state index in [1.807, 2.05) is 72.8 Å². The molecule has 0 bridgehead atoms. The van der Waals surface area contributed by atoms with Gasteiger partial charge in [-0.1, -0.05) is 57.2 Å². The quantitative estimate of drug-likeness (QED) is 0.0557. The summed E-state index contributed by atoms with van der Waals surface area (Å²) in [6.45, 7) is 12.6. The van der Waals surface area contributed by atoms with Gasteiger partial charge in [0.1, 0.15) is 35.5 Å². The van der Waals surface area contributed by atoms with Crippen molar-refractivity contribution in [3.05, 3.63) is 120 Å². The van der Waals surface area contributed by atoms with Crippen molar-refractivity contribution in [1.82, 2.24) is 19.7 Å². The maximum Gasteiger partial charge on any atom is 0.324 e. The van der Waals surface area contributed by atoms with Crippen LogP contribution in [-0.2, 0) is 36.8 Å². The minimum Gasteiger partial charge on any atom is -0.497 e. The first-order chi connectivity index (χ1) is 29.3. The van der Waals surface area contributed by atoms with E-state index in [0.717, 1.165) is 33.3 Å². The van der Waals surface area contributed by atoms with E-state index in [1.165, 1.54) is 0 Å². The van der Waals surface area contributed by atoms with Gasteiger partial charge < -0.3 is 38.3 Å². The Labute approximate surface area is 357 Å². The molecule has 61 heavy (non-hydrogen) atoms. The van der Waals surface area contributed by atoms with Gasteiger partial charge in [-0.05, 0) is 60.9 Å². The zero-order valence-corrected chi connectivity index (χ0v) is 36.8. The number of hydrogen-bond donors (Lipinski definition) is 2. The highest BCUT2D eigenvalue weighted by molar-refractivity contribution is 7.61. The van der Waals surface area contributed by atoms with E-state index in [1.54, 1.807) is 56.6 Å². The summed E-state index contributed by atoms with van der Waals surface area (Å²) in [6.07, 6.45) is 2.53. The first-order valence-corrected chi connectivity index (χ1v) is 22.9. The minimum absolute atomic E-state index is 0.278. The molecule has 15 heteroatoms. The highest BCUT2D eigenvalue weighted by Gasteiger charge is 2.22. The monoisotopic (exact) mass is 850 g/mol. The first-order valence-electron chi connectivity index (χ1n) is 20.1. The Bertz CT molecular complexity index is 2460. The van der Waals surface area contributed by atoms with Crippen LogP contribution >= 0.6 is 7.14 Å². The summed E-state index contributed by atoms with van der Waals surface area (Å²) in [4.78, 5) is 22.9. The van der Waals surface area contributed by atoms with E-state index in [4.69, 9.17) is 38.5 Å². The van der Waals surface area contributed by atoms with Gasteiger partial charge in [0.2, 0.25) is 5.88 Å². The Hall–Kier alpha value is -5.79. The number of urea groups is 1. The summed E-state index contributed by atoms with van der Waals surface area (Å²) < 4.78 is 48.2. The minimum atomic E-state index is -2.31. The predicted molar refractivity (Wildman–Crippen MR) is 239 cm³/mol. The van der Waals surface area contributed by atoms with Crippen LogP contribution in [0.3, 0.4) is 0 Å². The molecule has 0 aliphatic carbocycles. The van der Waals surface area contributed by atoms with Crippen molar-refractivity contribution in [3.8, 4) is 28.8 Å². The Balaban J connectivity index is 1.13. The summed E-state index contributed by atoms with van der Waals surface area (Å²) in [5.41, 5.74) is 3.71. The molecular formula is C46H55N6O8P. The molecule has 2 amide bonds. The van der Waals surface area contributed by atoms with Crippen LogP contribution in [0.25, 0.3) is 16.5 Å². The van der Waals surface area contributed by atoms with Gasteiger partial charge in [0.25, 0.3) is 0 Å². The van der Waals surface area contributed by atoms with Crippen molar-refractivity contribution >= 4 is 35.5 Å². The lowest BCUT2D eigenvalue weighted by Gasteiger charge is -2.15. The summed E-state index contributed by atoms with van der Waals surface area (Å²) in [5.74, 6) is 3.26. The first kappa shape index (κ1) is 44.8. The molecule has 2 aromatic heterocycles. The predicted octanol–water partition coefficient (Wildman–Crippen LogP) is 9.33. The number of carbonyl (C=O) groups is 1. The Morgan fingerprint density at radius 3 is 2.25 bits per heavy atom. The van der Waals surface area contributed by atoms with Crippen molar-refractivity contribution in [2.75, 3.05) is 77.8 Å². The second kappa shape index (κ2) is 20.7. The Morgan fingerprint density at radius 2 is 1.51 bits per heavy atom. The third-order valence-electron chi connectivity index (χ3n) is 9.30. The molecule has 14 nitrogen and oxygen atoms in total. The van der Waals surface area contributed by atoms with Crippen molar-refractivity contribution < 1.29 is 37.8 Å². The lowest BCUT2D eigenvalue weighted by molar-refractivity contribution is 0.0179. The summed E-state index contributed by atoms with van der Waals surface area (Å²) >= 11 is 0. The van der Waals surface area contributed by atoms with Crippen LogP contribution in [0.5, 0.6) is 23.1 Å². The van der Waals surface area contributed by atoms with E-state index >= 15 is 0 Å². The number of nitrogens with zero attached hydrogens (tertiary/aromatic N) is 4. The molecule has 6 aromatic rings. The van der Waals surface area contributed by atoms with Gasteiger partial charge in [0.15, 0.2) is 0 Å². The molecule has 2 N–H and O–H groups in total. The molecule has 0 atom stereocenters. The molecule has 0 fully saturated rings. The second-order valence-corrected chi connectivity index (χ2v) is 19.4. The van der Waals surface area contributed by atoms with Gasteiger partial charge in [-0.3, -0.25) is 5.32 Å². The molecular weight excluding hydrogens is 796 g/mol. The van der Waals surface area contributed by atoms with Crippen LogP contribution < -0.4 is 24.8 Å². The SMILES string of the molecule is COCCOCCOCCOc1cc(Cc2nccc(Oc3ccc(NC(=O)Nc4cc(C(C)(C)C)nn4-c4cccc(CP(C)(C)=O)c4)c4ccccc34)n2)cc(OC)c1. The van der Waals surface area contributed by atoms with Gasteiger partial charge in [0, 0.05) is 60.3 Å². The highest BCUT2D eigenvalue weighted by Crippen LogP contribution is 2.41. The number of fused-ring (bicyclic) bond motifs is 1. The number of hydrogen-bond acceptors (Lipinski definition) is 11. The fraction of sp³-hybridized carbons (Fsp3) is 0.348. The van der Waals surface area contributed by atoms with Crippen LogP contribution in [0.2, 0.25) is 0 Å². The zero-order chi connectivity index (χ0) is 43.4. The van der Waals surface area contributed by atoms with E-state index in [2.05, 4.69) is 36.4 Å². The Kier molecular flexibility index (Phi) is 15.2. The molecule has 0 saturated heterocycles. The van der Waals surface area contributed by atoms with Crippen LogP contribution in [0.15, 0.2) is 97.2 Å². The number of ether oxygens (including phenoxy) is 6. The van der Waals surface area contributed by atoms with Crippen LogP contribution in [0.4, 0.5) is 16.3 Å². The third-order valence-corrected chi connectivity index (χ3v) is 10.4. The third kappa shape index (κ3) is 13.1. The van der Waals surface area contributed by atoms with Gasteiger partial charge >= 0.3 is 6.03 Å². The molecule has 322 valence electrons. The molecule has 0 radical (unpaired) electrons. The Morgan fingerprint density at radius 1 is 0.770 bits per heavy atom. The van der Waals surface area contributed by atoms with Gasteiger partial charge in [-0.15, -0.1) is 0 Å². The maximum absolute atomic E-state index is 13.7. The van der Waals surface area contributed by atoms with Crippen molar-refractivity contribution in [3.63, 3.8) is 0 Å². The molecule has 6 rings (SSSR count). The van der Waals surface area contributed by atoms with Crippen molar-refractivity contribution in [1.29, 1.82) is 0 Å². The normalized spacial score (nSPS) is 11.7. The fourth-order valence-corrected chi connectivity index (χ4v) is 7.51. The number of aromatic nitrogens is 4. The summed E-state index contributed by atoms with van der Waals surface area (Å²) in [7, 11) is 0.940. The van der Waals surface area contributed by atoms with Crippen LogP contribution in [0, 0.1) is 0 Å². The lowest BCUT2D eigenvalue weighted by atomic mass is 9.92. The number of rotatable bonds is 20. The number of anilines is 2. The largest absolute Gasteiger partial charge is 0.497 e. The highest BCUT2D eigenvalue weighted by atomic mass is 31.2. The average molecular weight is 851 g/mol. The molecule has 0 aliphatic rings. The lowest BCUT2D eigenvalue weighted by Crippen LogP contribution is -2.21. The van der Waals surface area contributed by atoms with E-state index < -0.39 is 13.2 Å². The van der Waals surface area contributed by atoms with Crippen molar-refractivity contribution in [2.24, 2.45) is 0 Å². The summed E-state index contributed by atoms with van der Waals surface area (Å²) in [5, 5.41) is 12.5. The zero-order valence-electron chi connectivity index (χ0n) is 35.9.